The molecule has 2 aromatic rings. The molecule has 0 amide bonds. The van der Waals surface area contributed by atoms with Gasteiger partial charge in [-0.25, -0.2) is 0 Å². The van der Waals surface area contributed by atoms with Gasteiger partial charge in [0.05, 0.1) is 5.38 Å². The van der Waals surface area contributed by atoms with Gasteiger partial charge in [-0.3, -0.25) is 4.98 Å². The van der Waals surface area contributed by atoms with Gasteiger partial charge in [-0.2, -0.15) is 0 Å². The summed E-state index contributed by atoms with van der Waals surface area (Å²) in [6, 6.07) is 9.81. The van der Waals surface area contributed by atoms with E-state index in [1.807, 2.05) is 31.2 Å². The number of hydrogen-bond acceptors (Lipinski definition) is 1. The summed E-state index contributed by atoms with van der Waals surface area (Å²) in [7, 11) is 0. The third kappa shape index (κ3) is 3.04. The summed E-state index contributed by atoms with van der Waals surface area (Å²) in [5, 5.41) is 0.671. The van der Waals surface area contributed by atoms with E-state index in [9.17, 15) is 0 Å². The molecule has 0 saturated carbocycles. The average molecular weight is 280 g/mol. The van der Waals surface area contributed by atoms with Crippen molar-refractivity contribution in [3.05, 3.63) is 63.9 Å². The maximum absolute atomic E-state index is 6.49. The Kier molecular flexibility index (Phi) is 4.26. The number of aromatic nitrogens is 1. The zero-order valence-electron chi connectivity index (χ0n) is 10.5. The highest BCUT2D eigenvalue weighted by atomic mass is 35.5. The number of hydrogen-bond donors (Lipinski definition) is 0. The first-order valence-electron chi connectivity index (χ1n) is 5.88. The van der Waals surface area contributed by atoms with Gasteiger partial charge in [0.1, 0.15) is 0 Å². The normalized spacial score (nSPS) is 12.4. The zero-order chi connectivity index (χ0) is 13.1. The molecule has 3 heteroatoms. The van der Waals surface area contributed by atoms with Crippen LogP contribution in [0.15, 0.2) is 36.5 Å². The van der Waals surface area contributed by atoms with Gasteiger partial charge in [0.15, 0.2) is 0 Å². The van der Waals surface area contributed by atoms with Gasteiger partial charge < -0.3 is 0 Å². The molecule has 0 aliphatic rings. The van der Waals surface area contributed by atoms with Crippen molar-refractivity contribution in [2.75, 3.05) is 0 Å². The van der Waals surface area contributed by atoms with Crippen LogP contribution in [0.4, 0.5) is 0 Å². The summed E-state index contributed by atoms with van der Waals surface area (Å²) in [6.07, 6.45) is 2.54. The van der Waals surface area contributed by atoms with Crippen LogP contribution in [0.2, 0.25) is 5.02 Å². The van der Waals surface area contributed by atoms with Crippen molar-refractivity contribution in [3.8, 4) is 0 Å². The predicted octanol–water partition coefficient (Wildman–Crippen LogP) is 4.87. The Bertz CT molecular complexity index is 552. The molecule has 0 N–H and O–H groups in total. The second-order valence-corrected chi connectivity index (χ2v) is 5.40. The molecule has 2 rings (SSSR count). The SMILES string of the molecule is Cc1cc(Cl)ccc1C(Cl)Cc1ncccc1C. The number of nitrogens with zero attached hydrogens (tertiary/aromatic N) is 1. The fourth-order valence-corrected chi connectivity index (χ4v) is 2.62. The fraction of sp³-hybridized carbons (Fsp3) is 0.267. The average Bonchev–Trinajstić information content (AvgIpc) is 2.32. The maximum Gasteiger partial charge on any atom is 0.0643 e. The topological polar surface area (TPSA) is 12.9 Å². The van der Waals surface area contributed by atoms with Crippen LogP contribution in [0.1, 0.15) is 27.8 Å². The lowest BCUT2D eigenvalue weighted by atomic mass is 10.0. The monoisotopic (exact) mass is 279 g/mol. The van der Waals surface area contributed by atoms with E-state index in [-0.39, 0.29) is 5.38 Å². The largest absolute Gasteiger partial charge is 0.261 e. The van der Waals surface area contributed by atoms with E-state index in [4.69, 9.17) is 23.2 Å². The van der Waals surface area contributed by atoms with Crippen LogP contribution >= 0.6 is 23.2 Å². The van der Waals surface area contributed by atoms with Crippen molar-refractivity contribution in [1.82, 2.24) is 4.98 Å². The van der Waals surface area contributed by atoms with Gasteiger partial charge >= 0.3 is 0 Å². The summed E-state index contributed by atoms with van der Waals surface area (Å²) in [5.74, 6) is 0. The molecular formula is C15H15Cl2N. The highest BCUT2D eigenvalue weighted by Gasteiger charge is 2.13. The van der Waals surface area contributed by atoms with Gasteiger partial charge in [0, 0.05) is 23.3 Å². The highest BCUT2D eigenvalue weighted by molar-refractivity contribution is 6.30. The van der Waals surface area contributed by atoms with Crippen molar-refractivity contribution in [1.29, 1.82) is 0 Å². The molecule has 0 bridgehead atoms. The van der Waals surface area contributed by atoms with Crippen LogP contribution in [-0.2, 0) is 6.42 Å². The number of alkyl halides is 1. The quantitative estimate of drug-likeness (QED) is 0.730. The van der Waals surface area contributed by atoms with Crippen molar-refractivity contribution < 1.29 is 0 Å². The van der Waals surface area contributed by atoms with Gasteiger partial charge in [0.2, 0.25) is 0 Å². The number of rotatable bonds is 3. The molecule has 1 heterocycles. The zero-order valence-corrected chi connectivity index (χ0v) is 12.0. The first-order valence-corrected chi connectivity index (χ1v) is 6.70. The molecule has 1 unspecified atom stereocenters. The van der Waals surface area contributed by atoms with Crippen LogP contribution in [0.25, 0.3) is 0 Å². The lowest BCUT2D eigenvalue weighted by molar-refractivity contribution is 0.863. The number of benzene rings is 1. The number of aryl methyl sites for hydroxylation is 2. The Morgan fingerprint density at radius 3 is 2.61 bits per heavy atom. The van der Waals surface area contributed by atoms with Crippen molar-refractivity contribution in [2.45, 2.75) is 25.6 Å². The van der Waals surface area contributed by atoms with Crippen LogP contribution in [0, 0.1) is 13.8 Å². The van der Waals surface area contributed by atoms with Crippen LogP contribution in [-0.4, -0.2) is 4.98 Å². The number of halogens is 2. The van der Waals surface area contributed by atoms with Gasteiger partial charge in [0.25, 0.3) is 0 Å². The molecule has 0 spiro atoms. The number of pyridine rings is 1. The molecule has 0 radical (unpaired) electrons. The maximum atomic E-state index is 6.49. The third-order valence-corrected chi connectivity index (χ3v) is 3.68. The van der Waals surface area contributed by atoms with E-state index < -0.39 is 0 Å². The van der Waals surface area contributed by atoms with E-state index in [0.29, 0.717) is 0 Å². The Morgan fingerprint density at radius 2 is 1.94 bits per heavy atom. The van der Waals surface area contributed by atoms with Crippen LogP contribution in [0.5, 0.6) is 0 Å². The minimum atomic E-state index is -0.0733. The fourth-order valence-electron chi connectivity index (χ4n) is 2.00. The lowest BCUT2D eigenvalue weighted by Crippen LogP contribution is -2.02. The van der Waals surface area contributed by atoms with Gasteiger partial charge in [-0.15, -0.1) is 11.6 Å². The predicted molar refractivity (Wildman–Crippen MR) is 77.5 cm³/mol. The Labute approximate surface area is 118 Å². The van der Waals surface area contributed by atoms with Crippen molar-refractivity contribution >= 4 is 23.2 Å². The molecule has 94 valence electrons. The summed E-state index contributed by atoms with van der Waals surface area (Å²) in [6.45, 7) is 4.09. The molecule has 18 heavy (non-hydrogen) atoms. The van der Waals surface area contributed by atoms with Crippen LogP contribution in [0.3, 0.4) is 0 Å². The smallest absolute Gasteiger partial charge is 0.0643 e. The summed E-state index contributed by atoms with van der Waals surface area (Å²) in [5.41, 5.74) is 4.46. The van der Waals surface area contributed by atoms with Gasteiger partial charge in [-0.05, 0) is 48.7 Å². The summed E-state index contributed by atoms with van der Waals surface area (Å²) in [4.78, 5) is 4.38. The molecule has 0 saturated heterocycles. The molecule has 1 atom stereocenters. The standard InChI is InChI=1S/C15H15Cl2N/c1-10-4-3-7-18-15(10)9-14(17)13-6-5-12(16)8-11(13)2/h3-8,14H,9H2,1-2H3. The van der Waals surface area contributed by atoms with E-state index >= 15 is 0 Å². The molecule has 0 fully saturated rings. The van der Waals surface area contributed by atoms with E-state index in [2.05, 4.69) is 18.0 Å². The first-order chi connectivity index (χ1) is 8.58. The second-order valence-electron chi connectivity index (χ2n) is 4.44. The Hall–Kier alpha value is -1.05. The van der Waals surface area contributed by atoms with Gasteiger partial charge in [-0.1, -0.05) is 23.7 Å². The highest BCUT2D eigenvalue weighted by Crippen LogP contribution is 2.29. The molecule has 0 aliphatic carbocycles. The molecular weight excluding hydrogens is 265 g/mol. The van der Waals surface area contributed by atoms with E-state index in [1.165, 1.54) is 5.56 Å². The van der Waals surface area contributed by atoms with E-state index in [0.717, 1.165) is 28.3 Å². The molecule has 1 aromatic carbocycles. The summed E-state index contributed by atoms with van der Waals surface area (Å²) < 4.78 is 0. The first kappa shape index (κ1) is 13.4. The van der Waals surface area contributed by atoms with Crippen molar-refractivity contribution in [3.63, 3.8) is 0 Å². The lowest BCUT2D eigenvalue weighted by Gasteiger charge is -2.13. The van der Waals surface area contributed by atoms with Crippen molar-refractivity contribution in [2.24, 2.45) is 0 Å². The minimum absolute atomic E-state index is 0.0733. The molecule has 0 aliphatic heterocycles. The minimum Gasteiger partial charge on any atom is -0.261 e. The van der Waals surface area contributed by atoms with E-state index in [1.54, 1.807) is 6.20 Å². The molecule has 1 aromatic heterocycles. The third-order valence-electron chi connectivity index (χ3n) is 3.06. The Balaban J connectivity index is 2.22. The second kappa shape index (κ2) is 5.73. The molecule has 1 nitrogen and oxygen atoms in total. The van der Waals surface area contributed by atoms with Crippen LogP contribution < -0.4 is 0 Å². The Morgan fingerprint density at radius 1 is 1.17 bits per heavy atom. The summed E-state index contributed by atoms with van der Waals surface area (Å²) >= 11 is 12.4.